The Balaban J connectivity index is 1.57. The Morgan fingerprint density at radius 2 is 1.91 bits per heavy atom. The molecule has 5 rings (SSSR count). The van der Waals surface area contributed by atoms with Crippen LogP contribution in [0.3, 0.4) is 0 Å². The summed E-state index contributed by atoms with van der Waals surface area (Å²) in [6, 6.07) is 6.22. The number of nitrogens with one attached hydrogen (secondary N) is 1. The molecule has 0 aliphatic carbocycles. The molecule has 2 atom stereocenters. The number of hydrogen-bond acceptors (Lipinski definition) is 5. The summed E-state index contributed by atoms with van der Waals surface area (Å²) >= 11 is 0. The average molecular weight is 474 g/mol. The maximum atomic E-state index is 5.26. The summed E-state index contributed by atoms with van der Waals surface area (Å²) in [7, 11) is 0. The van der Waals surface area contributed by atoms with E-state index in [0.717, 1.165) is 52.4 Å². The number of aromatic nitrogens is 5. The van der Waals surface area contributed by atoms with Crippen LogP contribution in [0.15, 0.2) is 24.7 Å². The lowest BCUT2D eigenvalue weighted by Crippen LogP contribution is -2.61. The van der Waals surface area contributed by atoms with E-state index in [0.29, 0.717) is 24.0 Å². The normalized spacial score (nSPS) is 18.8. The summed E-state index contributed by atoms with van der Waals surface area (Å²) in [4.78, 5) is 18.5. The van der Waals surface area contributed by atoms with Gasteiger partial charge in [-0.25, -0.2) is 14.5 Å². The van der Waals surface area contributed by atoms with E-state index in [1.165, 1.54) is 17.5 Å². The molecule has 7 nitrogen and oxygen atoms in total. The lowest BCUT2D eigenvalue weighted by molar-refractivity contribution is 0.00119. The fourth-order valence-electron chi connectivity index (χ4n) is 6.08. The van der Waals surface area contributed by atoms with Crippen molar-refractivity contribution in [1.82, 2.24) is 29.5 Å². The van der Waals surface area contributed by atoms with Crippen LogP contribution in [0.2, 0.25) is 0 Å². The van der Waals surface area contributed by atoms with Crippen molar-refractivity contribution in [2.45, 2.75) is 85.9 Å². The van der Waals surface area contributed by atoms with Crippen LogP contribution in [0.5, 0.6) is 0 Å². The molecule has 0 amide bonds. The number of pyridine rings is 2. The van der Waals surface area contributed by atoms with E-state index in [-0.39, 0.29) is 0 Å². The minimum absolute atomic E-state index is 0.326. The van der Waals surface area contributed by atoms with E-state index in [1.807, 2.05) is 4.52 Å². The molecule has 1 saturated heterocycles. The van der Waals surface area contributed by atoms with Gasteiger partial charge in [0.1, 0.15) is 12.1 Å². The molecule has 0 radical (unpaired) electrons. The number of aryl methyl sites for hydroxylation is 1. The summed E-state index contributed by atoms with van der Waals surface area (Å²) in [6.07, 6.45) is 4.97. The van der Waals surface area contributed by atoms with Gasteiger partial charge < -0.3 is 9.88 Å². The summed E-state index contributed by atoms with van der Waals surface area (Å²) in [5.41, 5.74) is 9.01. The highest BCUT2D eigenvalue weighted by Crippen LogP contribution is 2.38. The van der Waals surface area contributed by atoms with Crippen molar-refractivity contribution in [3.8, 4) is 11.3 Å². The lowest BCUT2D eigenvalue weighted by Gasteiger charge is -2.51. The molecule has 1 aliphatic heterocycles. The molecule has 186 valence electrons. The smallest absolute Gasteiger partial charge is 0.158 e. The first-order valence-corrected chi connectivity index (χ1v) is 13.1. The fraction of sp³-hybridized carbons (Fsp3) is 0.536. The van der Waals surface area contributed by atoms with E-state index in [1.54, 1.807) is 6.33 Å². The van der Waals surface area contributed by atoms with Crippen LogP contribution in [0, 0.1) is 13.8 Å². The Morgan fingerprint density at radius 1 is 1.14 bits per heavy atom. The molecular formula is C28H39N7. The quantitative estimate of drug-likeness (QED) is 0.372. The zero-order valence-electron chi connectivity index (χ0n) is 22.4. The van der Waals surface area contributed by atoms with E-state index in [2.05, 4.69) is 98.6 Å². The van der Waals surface area contributed by atoms with Gasteiger partial charge in [0.05, 0.1) is 16.7 Å². The molecule has 1 aliphatic rings. The number of likely N-dealkylation sites (N-methyl/N-ethyl adjacent to an activating group) is 1. The largest absolute Gasteiger partial charge is 0.355 e. The predicted octanol–water partition coefficient (Wildman–Crippen LogP) is 5.71. The van der Waals surface area contributed by atoms with Crippen LogP contribution in [0.25, 0.3) is 27.9 Å². The van der Waals surface area contributed by atoms with Crippen molar-refractivity contribution in [3.05, 3.63) is 41.3 Å². The molecule has 0 saturated carbocycles. The number of aromatic amines is 1. The maximum Gasteiger partial charge on any atom is 0.158 e. The van der Waals surface area contributed by atoms with Crippen LogP contribution < -0.4 is 4.90 Å². The highest BCUT2D eigenvalue weighted by atomic mass is 15.3. The van der Waals surface area contributed by atoms with Gasteiger partial charge in [0, 0.05) is 48.5 Å². The summed E-state index contributed by atoms with van der Waals surface area (Å²) in [5, 5.41) is 4.41. The number of H-pyrrole nitrogens is 1. The van der Waals surface area contributed by atoms with Gasteiger partial charge in [-0.05, 0) is 77.1 Å². The van der Waals surface area contributed by atoms with Gasteiger partial charge in [-0.1, -0.05) is 13.8 Å². The van der Waals surface area contributed by atoms with Crippen LogP contribution in [-0.2, 0) is 0 Å². The van der Waals surface area contributed by atoms with Gasteiger partial charge in [-0.3, -0.25) is 4.90 Å². The molecule has 7 heteroatoms. The predicted molar refractivity (Wildman–Crippen MR) is 144 cm³/mol. The summed E-state index contributed by atoms with van der Waals surface area (Å²) in [6.45, 7) is 20.0. The molecule has 4 aromatic heterocycles. The van der Waals surface area contributed by atoms with Crippen LogP contribution in [-0.4, -0.2) is 60.7 Å². The molecule has 5 heterocycles. The standard InChI is InChI=1S/C28H39N7/c1-9-33(13-21-12-18(6)35(21)17(4)5)24-11-10-23-27(32-24)25(16(2)3)26(31-23)22-14-34-28(29-15-30-34)20(8)19(22)7/h10-11,14-18,21,31H,9,12-13H2,1-8H3/t18-,21-/m1/s1. The molecule has 0 spiro atoms. The average Bonchev–Trinajstić information content (AvgIpc) is 3.42. The maximum absolute atomic E-state index is 5.26. The van der Waals surface area contributed by atoms with Crippen molar-refractivity contribution in [3.63, 3.8) is 0 Å². The zero-order chi connectivity index (χ0) is 25.0. The number of hydrogen-bond donors (Lipinski definition) is 1. The Morgan fingerprint density at radius 3 is 2.57 bits per heavy atom. The Bertz CT molecular complexity index is 1360. The molecule has 35 heavy (non-hydrogen) atoms. The molecule has 4 aromatic rings. The van der Waals surface area contributed by atoms with Gasteiger partial charge in [0.25, 0.3) is 0 Å². The molecular weight excluding hydrogens is 434 g/mol. The Hall–Kier alpha value is -2.93. The molecule has 0 unspecified atom stereocenters. The first-order chi connectivity index (χ1) is 16.7. The van der Waals surface area contributed by atoms with Crippen molar-refractivity contribution < 1.29 is 0 Å². The van der Waals surface area contributed by atoms with Crippen LogP contribution in [0.1, 0.15) is 70.6 Å². The summed E-state index contributed by atoms with van der Waals surface area (Å²) < 4.78 is 1.88. The number of anilines is 1. The second-order valence-corrected chi connectivity index (χ2v) is 10.8. The third-order valence-corrected chi connectivity index (χ3v) is 7.91. The van der Waals surface area contributed by atoms with E-state index in [9.17, 15) is 0 Å². The Kier molecular flexibility index (Phi) is 6.08. The number of nitrogens with zero attached hydrogens (tertiary/aromatic N) is 6. The van der Waals surface area contributed by atoms with Crippen molar-refractivity contribution in [1.29, 1.82) is 0 Å². The minimum Gasteiger partial charge on any atom is -0.355 e. The van der Waals surface area contributed by atoms with Crippen molar-refractivity contribution in [2.24, 2.45) is 0 Å². The van der Waals surface area contributed by atoms with E-state index >= 15 is 0 Å². The SMILES string of the molecule is CCN(C[C@H]1C[C@@H](C)N1C(C)C)c1ccc2[nH]c(-c3cn4ncnc4c(C)c3C)c(C(C)C)c2n1. The second kappa shape index (κ2) is 8.94. The number of likely N-dealkylation sites (tertiary alicyclic amines) is 1. The second-order valence-electron chi connectivity index (χ2n) is 10.8. The highest BCUT2D eigenvalue weighted by Gasteiger charge is 2.37. The highest BCUT2D eigenvalue weighted by molar-refractivity contribution is 5.90. The third kappa shape index (κ3) is 3.90. The van der Waals surface area contributed by atoms with Crippen LogP contribution in [0.4, 0.5) is 5.82 Å². The molecule has 0 bridgehead atoms. The molecule has 1 N–H and O–H groups in total. The number of rotatable bonds is 7. The van der Waals surface area contributed by atoms with Gasteiger partial charge in [0.2, 0.25) is 0 Å². The van der Waals surface area contributed by atoms with E-state index in [4.69, 9.17) is 4.98 Å². The molecule has 1 fully saturated rings. The van der Waals surface area contributed by atoms with Crippen molar-refractivity contribution in [2.75, 3.05) is 18.0 Å². The Labute approximate surface area is 208 Å². The number of fused-ring (bicyclic) bond motifs is 2. The minimum atomic E-state index is 0.326. The van der Waals surface area contributed by atoms with Gasteiger partial charge >= 0.3 is 0 Å². The van der Waals surface area contributed by atoms with Gasteiger partial charge in [-0.15, -0.1) is 0 Å². The zero-order valence-corrected chi connectivity index (χ0v) is 22.4. The fourth-order valence-corrected chi connectivity index (χ4v) is 6.08. The monoisotopic (exact) mass is 473 g/mol. The van der Waals surface area contributed by atoms with Gasteiger partial charge in [0.15, 0.2) is 5.65 Å². The first-order valence-electron chi connectivity index (χ1n) is 13.1. The van der Waals surface area contributed by atoms with Crippen LogP contribution >= 0.6 is 0 Å². The topological polar surface area (TPSA) is 65.3 Å². The third-order valence-electron chi connectivity index (χ3n) is 7.91. The first kappa shape index (κ1) is 23.8. The summed E-state index contributed by atoms with van der Waals surface area (Å²) in [5.74, 6) is 1.39. The van der Waals surface area contributed by atoms with Crippen molar-refractivity contribution >= 4 is 22.5 Å². The van der Waals surface area contributed by atoms with Gasteiger partial charge in [-0.2, -0.15) is 5.10 Å². The van der Waals surface area contributed by atoms with E-state index < -0.39 is 0 Å². The lowest BCUT2D eigenvalue weighted by atomic mass is 9.91. The molecule has 0 aromatic carbocycles.